The Bertz CT molecular complexity index is 1260. The summed E-state index contributed by atoms with van der Waals surface area (Å²) in [4.78, 5) is 53.8. The average molecular weight is 475 g/mol. The van der Waals surface area contributed by atoms with Crippen LogP contribution in [0.15, 0.2) is 54.2 Å². The fourth-order valence-electron chi connectivity index (χ4n) is 4.68. The molecule has 2 aliphatic heterocycles. The lowest BCUT2D eigenvalue weighted by Crippen LogP contribution is -2.31. The lowest BCUT2D eigenvalue weighted by molar-refractivity contribution is -0.117. The number of imide groups is 1. The Labute approximate surface area is 205 Å². The van der Waals surface area contributed by atoms with E-state index in [4.69, 9.17) is 4.74 Å². The van der Waals surface area contributed by atoms with E-state index in [1.54, 1.807) is 0 Å². The third-order valence-corrected chi connectivity index (χ3v) is 6.72. The number of hydrogen-bond donors (Lipinski definition) is 0. The Morgan fingerprint density at radius 1 is 1.03 bits per heavy atom. The van der Waals surface area contributed by atoms with Crippen molar-refractivity contribution >= 4 is 29.3 Å². The smallest absolute Gasteiger partial charge is 0.338 e. The SMILES string of the molecule is CC(C)CCN1C(=O)c2ccc(C(=O)OCC(=O)/C=C3\N(C)c4ccccc4C3(C)C)cc2C1=O. The van der Waals surface area contributed by atoms with Crippen LogP contribution in [0, 0.1) is 5.92 Å². The molecule has 7 nitrogen and oxygen atoms in total. The number of benzene rings is 2. The molecule has 0 fully saturated rings. The zero-order valence-electron chi connectivity index (χ0n) is 20.8. The lowest BCUT2D eigenvalue weighted by Gasteiger charge is -2.23. The van der Waals surface area contributed by atoms with Gasteiger partial charge in [-0.3, -0.25) is 19.3 Å². The molecule has 2 amide bonds. The van der Waals surface area contributed by atoms with Crippen molar-refractivity contribution in [2.45, 2.75) is 39.5 Å². The minimum atomic E-state index is -0.720. The number of anilines is 1. The van der Waals surface area contributed by atoms with Gasteiger partial charge in [-0.05, 0) is 42.2 Å². The van der Waals surface area contributed by atoms with Gasteiger partial charge in [0.05, 0.1) is 16.7 Å². The molecule has 0 aromatic heterocycles. The Hall–Kier alpha value is -3.74. The van der Waals surface area contributed by atoms with Crippen LogP contribution in [0.5, 0.6) is 0 Å². The molecule has 0 bridgehead atoms. The summed E-state index contributed by atoms with van der Waals surface area (Å²) >= 11 is 0. The molecule has 0 saturated heterocycles. The molecule has 0 aliphatic carbocycles. The predicted octanol–water partition coefficient (Wildman–Crippen LogP) is 4.37. The maximum absolute atomic E-state index is 12.7. The van der Waals surface area contributed by atoms with E-state index in [9.17, 15) is 19.2 Å². The van der Waals surface area contributed by atoms with E-state index >= 15 is 0 Å². The van der Waals surface area contributed by atoms with E-state index in [2.05, 4.69) is 0 Å². The van der Waals surface area contributed by atoms with E-state index in [1.807, 2.05) is 63.9 Å². The number of likely N-dealkylation sites (N-methyl/N-ethyl adjacent to an activating group) is 1. The van der Waals surface area contributed by atoms with Gasteiger partial charge in [0.1, 0.15) is 0 Å². The number of amides is 2. The van der Waals surface area contributed by atoms with E-state index < -0.39 is 18.5 Å². The first kappa shape index (κ1) is 24.4. The van der Waals surface area contributed by atoms with E-state index in [1.165, 1.54) is 29.2 Å². The zero-order valence-corrected chi connectivity index (χ0v) is 20.8. The van der Waals surface area contributed by atoms with Crippen LogP contribution in [0.2, 0.25) is 0 Å². The van der Waals surface area contributed by atoms with Gasteiger partial charge in [-0.25, -0.2) is 4.79 Å². The highest BCUT2D eigenvalue weighted by atomic mass is 16.5. The van der Waals surface area contributed by atoms with Crippen LogP contribution < -0.4 is 4.90 Å². The first-order valence-corrected chi connectivity index (χ1v) is 11.8. The summed E-state index contributed by atoms with van der Waals surface area (Å²) in [6.45, 7) is 8.05. The first-order chi connectivity index (χ1) is 16.5. The zero-order chi connectivity index (χ0) is 25.5. The molecule has 2 aromatic rings. The third-order valence-electron chi connectivity index (χ3n) is 6.72. The van der Waals surface area contributed by atoms with Crippen molar-refractivity contribution < 1.29 is 23.9 Å². The van der Waals surface area contributed by atoms with Gasteiger partial charge in [-0.2, -0.15) is 0 Å². The van der Waals surface area contributed by atoms with E-state index in [0.717, 1.165) is 16.9 Å². The molecule has 0 atom stereocenters. The normalized spacial score (nSPS) is 17.3. The molecule has 7 heteroatoms. The summed E-state index contributed by atoms with van der Waals surface area (Å²) in [6, 6.07) is 12.3. The maximum atomic E-state index is 12.7. The second-order valence-corrected chi connectivity index (χ2v) is 9.98. The summed E-state index contributed by atoms with van der Waals surface area (Å²) < 4.78 is 5.25. The van der Waals surface area contributed by atoms with Crippen molar-refractivity contribution in [3.8, 4) is 0 Å². The summed E-state index contributed by atoms with van der Waals surface area (Å²) in [5.74, 6) is -1.47. The first-order valence-electron chi connectivity index (χ1n) is 11.8. The third kappa shape index (κ3) is 4.38. The molecule has 0 saturated carbocycles. The van der Waals surface area contributed by atoms with Gasteiger partial charge in [-0.15, -0.1) is 0 Å². The number of rotatable bonds is 7. The van der Waals surface area contributed by atoms with Gasteiger partial charge >= 0.3 is 5.97 Å². The van der Waals surface area contributed by atoms with Crippen LogP contribution in [-0.2, 0) is 14.9 Å². The minimum absolute atomic E-state index is 0.127. The number of nitrogens with zero attached hydrogens (tertiary/aromatic N) is 2. The summed E-state index contributed by atoms with van der Waals surface area (Å²) in [7, 11) is 1.91. The molecule has 2 aromatic carbocycles. The van der Waals surface area contributed by atoms with Crippen LogP contribution in [0.4, 0.5) is 5.69 Å². The second-order valence-electron chi connectivity index (χ2n) is 9.98. The molecule has 182 valence electrons. The van der Waals surface area contributed by atoms with Gasteiger partial charge in [0.25, 0.3) is 11.8 Å². The molecule has 0 N–H and O–H groups in total. The van der Waals surface area contributed by atoms with Crippen molar-refractivity contribution in [1.82, 2.24) is 4.90 Å². The van der Waals surface area contributed by atoms with Gasteiger partial charge in [0.2, 0.25) is 0 Å². The molecular weight excluding hydrogens is 444 g/mol. The Kier molecular flexibility index (Phi) is 6.36. The maximum Gasteiger partial charge on any atom is 0.338 e. The van der Waals surface area contributed by atoms with Crippen LogP contribution >= 0.6 is 0 Å². The van der Waals surface area contributed by atoms with Crippen molar-refractivity contribution in [3.05, 3.63) is 76.5 Å². The Morgan fingerprint density at radius 3 is 2.40 bits per heavy atom. The van der Waals surface area contributed by atoms with Crippen molar-refractivity contribution in [2.24, 2.45) is 5.92 Å². The van der Waals surface area contributed by atoms with Crippen LogP contribution in [0.3, 0.4) is 0 Å². The van der Waals surface area contributed by atoms with Crippen LogP contribution in [-0.4, -0.2) is 48.7 Å². The monoisotopic (exact) mass is 474 g/mol. The lowest BCUT2D eigenvalue weighted by atomic mass is 9.83. The minimum Gasteiger partial charge on any atom is -0.454 e. The number of allylic oxidation sites excluding steroid dienone is 1. The Balaban J connectivity index is 1.44. The van der Waals surface area contributed by atoms with E-state index in [0.29, 0.717) is 18.9 Å². The molecule has 2 aliphatic rings. The average Bonchev–Trinajstić information content (AvgIpc) is 3.18. The molecule has 0 spiro atoms. The standard InChI is InChI=1S/C28H30N2O5/c1-17(2)12-13-30-25(32)20-11-10-18(14-21(20)26(30)33)27(34)35-16-19(31)15-24-28(3,4)22-8-6-7-9-23(22)29(24)5/h6-11,14-15,17H,12-13,16H2,1-5H3/b24-15-. The van der Waals surface area contributed by atoms with Gasteiger partial charge in [0, 0.05) is 36.5 Å². The molecule has 2 heterocycles. The molecule has 0 unspecified atom stereocenters. The number of carbonyl (C=O) groups is 4. The number of carbonyl (C=O) groups excluding carboxylic acids is 4. The largest absolute Gasteiger partial charge is 0.454 e. The number of para-hydroxylation sites is 1. The molecule has 0 radical (unpaired) electrons. The van der Waals surface area contributed by atoms with Gasteiger partial charge in [-0.1, -0.05) is 45.9 Å². The predicted molar refractivity (Wildman–Crippen MR) is 133 cm³/mol. The summed E-state index contributed by atoms with van der Waals surface area (Å²) in [5.41, 5.74) is 3.21. The number of ketones is 1. The number of fused-ring (bicyclic) bond motifs is 2. The summed E-state index contributed by atoms with van der Waals surface area (Å²) in [6.07, 6.45) is 2.22. The second kappa shape index (κ2) is 9.13. The van der Waals surface area contributed by atoms with E-state index in [-0.39, 0.29) is 33.8 Å². The Morgan fingerprint density at radius 2 is 1.71 bits per heavy atom. The van der Waals surface area contributed by atoms with Crippen molar-refractivity contribution in [3.63, 3.8) is 0 Å². The summed E-state index contributed by atoms with van der Waals surface area (Å²) in [5, 5.41) is 0. The van der Waals surface area contributed by atoms with Gasteiger partial charge in [0.15, 0.2) is 12.4 Å². The molecule has 35 heavy (non-hydrogen) atoms. The topological polar surface area (TPSA) is 84.0 Å². The highest BCUT2D eigenvalue weighted by Crippen LogP contribution is 2.46. The van der Waals surface area contributed by atoms with Crippen LogP contribution in [0.25, 0.3) is 0 Å². The van der Waals surface area contributed by atoms with Gasteiger partial charge < -0.3 is 9.64 Å². The highest BCUT2D eigenvalue weighted by Gasteiger charge is 2.39. The van der Waals surface area contributed by atoms with Crippen LogP contribution in [0.1, 0.15) is 70.8 Å². The van der Waals surface area contributed by atoms with Crippen molar-refractivity contribution in [2.75, 3.05) is 25.1 Å². The molecular formula is C28H30N2O5. The quantitative estimate of drug-likeness (QED) is 0.337. The number of hydrogen-bond acceptors (Lipinski definition) is 6. The molecule has 4 rings (SSSR count). The number of ether oxygens (including phenoxy) is 1. The van der Waals surface area contributed by atoms with Crippen molar-refractivity contribution in [1.29, 1.82) is 0 Å². The number of esters is 1. The fraction of sp³-hybridized carbons (Fsp3) is 0.357. The highest BCUT2D eigenvalue weighted by molar-refractivity contribution is 6.22. The fourth-order valence-corrected chi connectivity index (χ4v) is 4.68.